The number of aliphatic imine (C=N–C) groups is 1. The van der Waals surface area contributed by atoms with Gasteiger partial charge < -0.3 is 25.3 Å². The molecule has 27 heavy (non-hydrogen) atoms. The Balaban J connectivity index is 1.62. The van der Waals surface area contributed by atoms with Crippen molar-refractivity contribution >= 4 is 5.96 Å². The minimum atomic E-state index is 0.596. The van der Waals surface area contributed by atoms with Crippen molar-refractivity contribution in [3.05, 3.63) is 0 Å². The Hall–Kier alpha value is -0.850. The van der Waals surface area contributed by atoms with Crippen LogP contribution in [0.5, 0.6) is 0 Å². The highest BCUT2D eigenvalue weighted by Crippen LogP contribution is 2.15. The maximum atomic E-state index is 4.83. The first kappa shape index (κ1) is 22.4. The lowest BCUT2D eigenvalue weighted by Crippen LogP contribution is -2.46. The van der Waals surface area contributed by atoms with Gasteiger partial charge in [0.25, 0.3) is 0 Å². The summed E-state index contributed by atoms with van der Waals surface area (Å²) in [6, 6.07) is 0. The molecule has 2 rings (SSSR count). The van der Waals surface area contributed by atoms with Gasteiger partial charge in [-0.3, -0.25) is 4.99 Å². The third kappa shape index (κ3) is 9.26. The van der Waals surface area contributed by atoms with E-state index in [1.54, 1.807) is 0 Å². The Kier molecular flexibility index (Phi) is 10.5. The molecule has 2 saturated heterocycles. The first-order valence-corrected chi connectivity index (χ1v) is 11.2. The molecule has 0 bridgehead atoms. The lowest BCUT2D eigenvalue weighted by Gasteiger charge is -2.33. The van der Waals surface area contributed by atoms with Crippen molar-refractivity contribution in [1.29, 1.82) is 0 Å². The van der Waals surface area contributed by atoms with Gasteiger partial charge >= 0.3 is 0 Å². The molecule has 0 radical (unpaired) electrons. The van der Waals surface area contributed by atoms with E-state index in [0.29, 0.717) is 5.92 Å². The second-order valence-corrected chi connectivity index (χ2v) is 8.73. The largest absolute Gasteiger partial charge is 0.357 e. The summed E-state index contributed by atoms with van der Waals surface area (Å²) in [5, 5.41) is 6.92. The van der Waals surface area contributed by atoms with Crippen LogP contribution in [0.25, 0.3) is 0 Å². The Morgan fingerprint density at radius 1 is 1.04 bits per heavy atom. The quantitative estimate of drug-likeness (QED) is 0.361. The van der Waals surface area contributed by atoms with Gasteiger partial charge in [0.15, 0.2) is 5.96 Å². The van der Waals surface area contributed by atoms with Gasteiger partial charge in [-0.05, 0) is 64.7 Å². The molecule has 0 spiro atoms. The van der Waals surface area contributed by atoms with E-state index in [0.717, 1.165) is 38.1 Å². The Morgan fingerprint density at radius 3 is 2.41 bits per heavy atom. The summed E-state index contributed by atoms with van der Waals surface area (Å²) in [4.78, 5) is 12.4. The maximum Gasteiger partial charge on any atom is 0.191 e. The van der Waals surface area contributed by atoms with Crippen molar-refractivity contribution in [2.45, 2.75) is 40.0 Å². The van der Waals surface area contributed by atoms with Crippen LogP contribution in [0.1, 0.15) is 40.0 Å². The molecule has 6 nitrogen and oxygen atoms in total. The number of likely N-dealkylation sites (tertiary alicyclic amines) is 1. The van der Waals surface area contributed by atoms with E-state index in [9.17, 15) is 0 Å². The summed E-state index contributed by atoms with van der Waals surface area (Å²) >= 11 is 0. The van der Waals surface area contributed by atoms with E-state index >= 15 is 0 Å². The number of rotatable bonds is 9. The van der Waals surface area contributed by atoms with Gasteiger partial charge in [0.2, 0.25) is 0 Å². The average molecular weight is 381 g/mol. The number of piperazine rings is 1. The monoisotopic (exact) mass is 380 g/mol. The predicted molar refractivity (Wildman–Crippen MR) is 117 cm³/mol. The highest BCUT2D eigenvalue weighted by atomic mass is 15.2. The molecule has 2 aliphatic rings. The fourth-order valence-electron chi connectivity index (χ4n) is 3.91. The molecule has 2 N–H and O–H groups in total. The van der Waals surface area contributed by atoms with Gasteiger partial charge in [-0.25, -0.2) is 0 Å². The van der Waals surface area contributed by atoms with Gasteiger partial charge in [-0.15, -0.1) is 0 Å². The number of nitrogens with one attached hydrogen (secondary N) is 2. The molecule has 0 amide bonds. The molecule has 2 aliphatic heterocycles. The molecule has 1 unspecified atom stereocenters. The summed E-state index contributed by atoms with van der Waals surface area (Å²) in [5.74, 6) is 2.49. The third-order valence-electron chi connectivity index (χ3n) is 5.89. The number of hydrogen-bond donors (Lipinski definition) is 2. The SMILES string of the molecule is CCNC(=NCC(C)CN1CCN(C)CC1)NCCCN1CCC(C)CC1. The van der Waals surface area contributed by atoms with E-state index in [4.69, 9.17) is 4.99 Å². The summed E-state index contributed by atoms with van der Waals surface area (Å²) in [7, 11) is 2.21. The lowest BCUT2D eigenvalue weighted by atomic mass is 9.99. The van der Waals surface area contributed by atoms with Crippen LogP contribution >= 0.6 is 0 Å². The van der Waals surface area contributed by atoms with Gasteiger partial charge in [0.1, 0.15) is 0 Å². The summed E-state index contributed by atoms with van der Waals surface area (Å²) < 4.78 is 0. The molecule has 6 heteroatoms. The van der Waals surface area contributed by atoms with Crippen LogP contribution in [0, 0.1) is 11.8 Å². The van der Waals surface area contributed by atoms with Crippen LogP contribution in [0.4, 0.5) is 0 Å². The Bertz CT molecular complexity index is 411. The molecule has 0 saturated carbocycles. The summed E-state index contributed by atoms with van der Waals surface area (Å²) in [5.41, 5.74) is 0. The minimum Gasteiger partial charge on any atom is -0.357 e. The zero-order valence-electron chi connectivity index (χ0n) is 18.3. The van der Waals surface area contributed by atoms with Gasteiger partial charge in [0, 0.05) is 52.4 Å². The molecular weight excluding hydrogens is 336 g/mol. The zero-order chi connectivity index (χ0) is 19.5. The fraction of sp³-hybridized carbons (Fsp3) is 0.952. The van der Waals surface area contributed by atoms with Gasteiger partial charge in [-0.2, -0.15) is 0 Å². The van der Waals surface area contributed by atoms with E-state index in [-0.39, 0.29) is 0 Å². The topological polar surface area (TPSA) is 46.1 Å². The molecule has 0 aromatic heterocycles. The smallest absolute Gasteiger partial charge is 0.191 e. The van der Waals surface area contributed by atoms with E-state index in [1.165, 1.54) is 65.1 Å². The van der Waals surface area contributed by atoms with Gasteiger partial charge in [-0.1, -0.05) is 13.8 Å². The zero-order valence-corrected chi connectivity index (χ0v) is 18.3. The average Bonchev–Trinajstić information content (AvgIpc) is 2.66. The first-order valence-electron chi connectivity index (χ1n) is 11.2. The second-order valence-electron chi connectivity index (χ2n) is 8.73. The third-order valence-corrected chi connectivity index (χ3v) is 5.89. The number of likely N-dealkylation sites (N-methyl/N-ethyl adjacent to an activating group) is 1. The maximum absolute atomic E-state index is 4.83. The van der Waals surface area contributed by atoms with E-state index in [1.807, 2.05) is 0 Å². The molecule has 0 aromatic rings. The molecule has 0 aromatic carbocycles. The standard InChI is InChI=1S/C21H44N6/c1-5-22-21(23-9-6-10-26-11-7-19(2)8-12-26)24-17-20(3)18-27-15-13-25(4)14-16-27/h19-20H,5-18H2,1-4H3,(H2,22,23,24). The number of piperidine rings is 1. The Morgan fingerprint density at radius 2 is 1.74 bits per heavy atom. The van der Waals surface area contributed by atoms with Crippen molar-refractivity contribution in [3.63, 3.8) is 0 Å². The van der Waals surface area contributed by atoms with Crippen molar-refractivity contribution in [2.24, 2.45) is 16.8 Å². The number of hydrogen-bond acceptors (Lipinski definition) is 4. The normalized spacial score (nSPS) is 22.7. The van der Waals surface area contributed by atoms with Crippen molar-refractivity contribution < 1.29 is 0 Å². The van der Waals surface area contributed by atoms with Crippen molar-refractivity contribution in [1.82, 2.24) is 25.3 Å². The van der Waals surface area contributed by atoms with Crippen molar-refractivity contribution in [3.8, 4) is 0 Å². The lowest BCUT2D eigenvalue weighted by molar-refractivity contribution is 0.140. The van der Waals surface area contributed by atoms with Crippen molar-refractivity contribution in [2.75, 3.05) is 79.0 Å². The predicted octanol–water partition coefficient (Wildman–Crippen LogP) is 1.55. The van der Waals surface area contributed by atoms with Crippen LogP contribution in [-0.4, -0.2) is 99.7 Å². The molecule has 158 valence electrons. The van der Waals surface area contributed by atoms with Crippen LogP contribution in [-0.2, 0) is 0 Å². The number of nitrogens with zero attached hydrogens (tertiary/aromatic N) is 4. The van der Waals surface area contributed by atoms with Crippen LogP contribution < -0.4 is 10.6 Å². The van der Waals surface area contributed by atoms with Crippen LogP contribution in [0.15, 0.2) is 4.99 Å². The van der Waals surface area contributed by atoms with E-state index < -0.39 is 0 Å². The van der Waals surface area contributed by atoms with Crippen LogP contribution in [0.2, 0.25) is 0 Å². The first-order chi connectivity index (χ1) is 13.1. The highest BCUT2D eigenvalue weighted by Gasteiger charge is 2.16. The molecule has 2 fully saturated rings. The highest BCUT2D eigenvalue weighted by molar-refractivity contribution is 5.79. The Labute approximate surface area is 167 Å². The van der Waals surface area contributed by atoms with Crippen LogP contribution in [0.3, 0.4) is 0 Å². The fourth-order valence-corrected chi connectivity index (χ4v) is 3.91. The van der Waals surface area contributed by atoms with Gasteiger partial charge in [0.05, 0.1) is 0 Å². The second kappa shape index (κ2) is 12.6. The summed E-state index contributed by atoms with van der Waals surface area (Å²) in [6.45, 7) is 19.3. The molecule has 0 aliphatic carbocycles. The molecular formula is C21H44N6. The van der Waals surface area contributed by atoms with E-state index in [2.05, 4.69) is 53.2 Å². The number of guanidine groups is 1. The minimum absolute atomic E-state index is 0.596. The molecule has 1 atom stereocenters. The summed E-state index contributed by atoms with van der Waals surface area (Å²) in [6.07, 6.45) is 3.92. The molecule has 2 heterocycles.